The first-order valence-electron chi connectivity index (χ1n) is 4.14. The maximum absolute atomic E-state index is 2.45. The van der Waals surface area contributed by atoms with Crippen molar-refractivity contribution in [3.05, 3.63) is 23.3 Å². The van der Waals surface area contributed by atoms with Gasteiger partial charge in [-0.2, -0.15) is 0 Å². The van der Waals surface area contributed by atoms with Crippen molar-refractivity contribution >= 4 is 0 Å². The second kappa shape index (κ2) is 1.98. The lowest BCUT2D eigenvalue weighted by Gasteiger charge is -2.10. The SMILES string of the molecule is C/C=C1/CC2CC1C=C2C. The Labute approximate surface area is 62.6 Å². The van der Waals surface area contributed by atoms with Crippen molar-refractivity contribution in [2.75, 3.05) is 0 Å². The molecule has 0 aromatic heterocycles. The van der Waals surface area contributed by atoms with Crippen LogP contribution in [0.25, 0.3) is 0 Å². The molecule has 0 spiro atoms. The van der Waals surface area contributed by atoms with Gasteiger partial charge in [-0.1, -0.05) is 23.3 Å². The predicted molar refractivity (Wildman–Crippen MR) is 43.7 cm³/mol. The second-order valence-electron chi connectivity index (χ2n) is 3.52. The Morgan fingerprint density at radius 1 is 1.60 bits per heavy atom. The van der Waals surface area contributed by atoms with E-state index in [1.807, 2.05) is 0 Å². The van der Waals surface area contributed by atoms with Crippen LogP contribution in [0.3, 0.4) is 0 Å². The van der Waals surface area contributed by atoms with Crippen LogP contribution in [0, 0.1) is 11.8 Å². The number of fused-ring (bicyclic) bond motifs is 2. The van der Waals surface area contributed by atoms with E-state index in [0.717, 1.165) is 11.8 Å². The van der Waals surface area contributed by atoms with E-state index in [0.29, 0.717) is 0 Å². The molecular formula is C10H14. The highest BCUT2D eigenvalue weighted by atomic mass is 14.4. The average molecular weight is 134 g/mol. The first-order chi connectivity index (χ1) is 4.81. The number of rotatable bonds is 0. The lowest BCUT2D eigenvalue weighted by Crippen LogP contribution is -1.95. The molecule has 10 heavy (non-hydrogen) atoms. The van der Waals surface area contributed by atoms with Crippen LogP contribution in [0.4, 0.5) is 0 Å². The Morgan fingerprint density at radius 3 is 2.80 bits per heavy atom. The Morgan fingerprint density at radius 2 is 2.40 bits per heavy atom. The fraction of sp³-hybridized carbons (Fsp3) is 0.600. The van der Waals surface area contributed by atoms with Crippen LogP contribution >= 0.6 is 0 Å². The van der Waals surface area contributed by atoms with Crippen molar-refractivity contribution in [3.63, 3.8) is 0 Å². The van der Waals surface area contributed by atoms with Crippen molar-refractivity contribution in [3.8, 4) is 0 Å². The zero-order valence-corrected chi connectivity index (χ0v) is 6.72. The molecule has 1 fully saturated rings. The zero-order chi connectivity index (χ0) is 7.14. The minimum Gasteiger partial charge on any atom is -0.0878 e. The molecule has 0 aromatic carbocycles. The minimum absolute atomic E-state index is 0.829. The third-order valence-electron chi connectivity index (χ3n) is 2.98. The van der Waals surface area contributed by atoms with E-state index >= 15 is 0 Å². The van der Waals surface area contributed by atoms with Gasteiger partial charge in [0.15, 0.2) is 0 Å². The molecule has 0 amide bonds. The van der Waals surface area contributed by atoms with Crippen LogP contribution in [0.5, 0.6) is 0 Å². The monoisotopic (exact) mass is 134 g/mol. The van der Waals surface area contributed by atoms with Crippen LogP contribution in [-0.4, -0.2) is 0 Å². The summed E-state index contributed by atoms with van der Waals surface area (Å²) in [5, 5.41) is 0. The van der Waals surface area contributed by atoms with Gasteiger partial charge < -0.3 is 0 Å². The maximum Gasteiger partial charge on any atom is -0.00147 e. The van der Waals surface area contributed by atoms with E-state index in [-0.39, 0.29) is 0 Å². The Kier molecular flexibility index (Phi) is 1.23. The molecule has 2 bridgehead atoms. The molecule has 54 valence electrons. The molecule has 2 rings (SSSR count). The molecule has 0 aliphatic heterocycles. The third kappa shape index (κ3) is 0.681. The van der Waals surface area contributed by atoms with Gasteiger partial charge in [0.1, 0.15) is 0 Å². The molecule has 0 heteroatoms. The van der Waals surface area contributed by atoms with Gasteiger partial charge >= 0.3 is 0 Å². The molecule has 1 saturated carbocycles. The quantitative estimate of drug-likeness (QED) is 0.447. The predicted octanol–water partition coefficient (Wildman–Crippen LogP) is 2.92. The van der Waals surface area contributed by atoms with E-state index in [9.17, 15) is 0 Å². The molecule has 0 heterocycles. The second-order valence-corrected chi connectivity index (χ2v) is 3.52. The third-order valence-corrected chi connectivity index (χ3v) is 2.98. The van der Waals surface area contributed by atoms with Gasteiger partial charge in [0, 0.05) is 0 Å². The average Bonchev–Trinajstić information content (AvgIpc) is 2.44. The van der Waals surface area contributed by atoms with E-state index < -0.39 is 0 Å². The van der Waals surface area contributed by atoms with Crippen molar-refractivity contribution < 1.29 is 0 Å². The standard InChI is InChI=1S/C10H14/c1-3-8-5-9-6-10(8)4-7(9)2/h3-4,9-10H,5-6H2,1-2H3/b8-3-. The number of hydrogen-bond acceptors (Lipinski definition) is 0. The van der Waals surface area contributed by atoms with Crippen molar-refractivity contribution in [2.24, 2.45) is 11.8 Å². The summed E-state index contributed by atoms with van der Waals surface area (Å²) >= 11 is 0. The zero-order valence-electron chi connectivity index (χ0n) is 6.72. The summed E-state index contributed by atoms with van der Waals surface area (Å²) in [5.74, 6) is 1.74. The van der Waals surface area contributed by atoms with Crippen molar-refractivity contribution in [1.82, 2.24) is 0 Å². The van der Waals surface area contributed by atoms with Gasteiger partial charge in [0.25, 0.3) is 0 Å². The van der Waals surface area contributed by atoms with Crippen molar-refractivity contribution in [1.29, 1.82) is 0 Å². The minimum atomic E-state index is 0.829. The van der Waals surface area contributed by atoms with Gasteiger partial charge in [-0.25, -0.2) is 0 Å². The van der Waals surface area contributed by atoms with Gasteiger partial charge in [-0.3, -0.25) is 0 Å². The fourth-order valence-corrected chi connectivity index (χ4v) is 2.28. The fourth-order valence-electron chi connectivity index (χ4n) is 2.28. The van der Waals surface area contributed by atoms with Crippen molar-refractivity contribution in [2.45, 2.75) is 26.7 Å². The summed E-state index contributed by atoms with van der Waals surface area (Å²) in [6.07, 6.45) is 7.51. The first kappa shape index (κ1) is 6.21. The number of allylic oxidation sites excluding steroid dienone is 4. The van der Waals surface area contributed by atoms with Gasteiger partial charge in [-0.05, 0) is 38.5 Å². The van der Waals surface area contributed by atoms with Crippen LogP contribution in [-0.2, 0) is 0 Å². The Hall–Kier alpha value is -0.520. The van der Waals surface area contributed by atoms with E-state index in [1.54, 1.807) is 11.1 Å². The van der Waals surface area contributed by atoms with Crippen LogP contribution in [0.2, 0.25) is 0 Å². The molecule has 2 aliphatic rings. The molecule has 2 aliphatic carbocycles. The number of hydrogen-bond donors (Lipinski definition) is 0. The largest absolute Gasteiger partial charge is 0.0878 e. The van der Waals surface area contributed by atoms with Crippen LogP contribution in [0.1, 0.15) is 26.7 Å². The Balaban J connectivity index is 2.30. The summed E-state index contributed by atoms with van der Waals surface area (Å²) in [7, 11) is 0. The first-order valence-corrected chi connectivity index (χ1v) is 4.14. The van der Waals surface area contributed by atoms with Crippen LogP contribution < -0.4 is 0 Å². The summed E-state index contributed by atoms with van der Waals surface area (Å²) in [4.78, 5) is 0. The highest BCUT2D eigenvalue weighted by molar-refractivity contribution is 5.31. The molecule has 2 atom stereocenters. The van der Waals surface area contributed by atoms with E-state index in [4.69, 9.17) is 0 Å². The van der Waals surface area contributed by atoms with Gasteiger partial charge in [-0.15, -0.1) is 0 Å². The Bertz CT molecular complexity index is 208. The smallest absolute Gasteiger partial charge is 0.00147 e. The lowest BCUT2D eigenvalue weighted by atomic mass is 9.96. The molecule has 2 unspecified atom stereocenters. The summed E-state index contributed by atoms with van der Waals surface area (Å²) in [5.41, 5.74) is 3.31. The molecule has 0 aromatic rings. The molecule has 0 saturated heterocycles. The summed E-state index contributed by atoms with van der Waals surface area (Å²) in [6, 6.07) is 0. The molecule has 0 radical (unpaired) electrons. The normalized spacial score (nSPS) is 41.0. The maximum atomic E-state index is 2.45. The highest BCUT2D eigenvalue weighted by Gasteiger charge is 2.33. The topological polar surface area (TPSA) is 0 Å². The summed E-state index contributed by atoms with van der Waals surface area (Å²) in [6.45, 7) is 4.44. The highest BCUT2D eigenvalue weighted by Crippen LogP contribution is 2.46. The molecule has 0 nitrogen and oxygen atoms in total. The van der Waals surface area contributed by atoms with Gasteiger partial charge in [0.05, 0.1) is 0 Å². The van der Waals surface area contributed by atoms with Crippen LogP contribution in [0.15, 0.2) is 23.3 Å². The van der Waals surface area contributed by atoms with E-state index in [1.165, 1.54) is 12.8 Å². The van der Waals surface area contributed by atoms with E-state index in [2.05, 4.69) is 26.0 Å². The van der Waals surface area contributed by atoms with Gasteiger partial charge in [0.2, 0.25) is 0 Å². The molecule has 0 N–H and O–H groups in total. The lowest BCUT2D eigenvalue weighted by molar-refractivity contribution is 0.663. The molecular weight excluding hydrogens is 120 g/mol. The summed E-state index contributed by atoms with van der Waals surface area (Å²) < 4.78 is 0.